The molecule has 0 saturated carbocycles. The van der Waals surface area contributed by atoms with Gasteiger partial charge in [0.25, 0.3) is 5.91 Å². The van der Waals surface area contributed by atoms with Crippen LogP contribution in [0.1, 0.15) is 16.9 Å². The van der Waals surface area contributed by atoms with Crippen molar-refractivity contribution in [2.45, 2.75) is 12.5 Å². The van der Waals surface area contributed by atoms with Gasteiger partial charge in [-0.2, -0.15) is 0 Å². The number of piperidine rings is 1. The van der Waals surface area contributed by atoms with E-state index in [1.807, 2.05) is 17.5 Å². The average Bonchev–Trinajstić information content (AvgIpc) is 3.32. The van der Waals surface area contributed by atoms with Gasteiger partial charge in [0.2, 0.25) is 5.91 Å². The zero-order valence-electron chi connectivity index (χ0n) is 14.4. The van der Waals surface area contributed by atoms with Crippen LogP contribution in [-0.4, -0.2) is 76.2 Å². The van der Waals surface area contributed by atoms with E-state index in [4.69, 9.17) is 5.11 Å². The number of rotatable bonds is 5. The molecule has 9 heteroatoms. The van der Waals surface area contributed by atoms with E-state index >= 15 is 0 Å². The highest BCUT2D eigenvalue weighted by Gasteiger charge is 2.37. The Labute approximate surface area is 159 Å². The number of carbonyl (C=O) groups is 2. The summed E-state index contributed by atoms with van der Waals surface area (Å²) in [7, 11) is 1.58. The van der Waals surface area contributed by atoms with Crippen molar-refractivity contribution in [3.8, 4) is 9.88 Å². The zero-order chi connectivity index (χ0) is 18.7. The predicted octanol–water partition coefficient (Wildman–Crippen LogP) is 1.15. The Morgan fingerprint density at radius 1 is 1.42 bits per heavy atom. The third-order valence-corrected chi connectivity index (χ3v) is 6.33. The van der Waals surface area contributed by atoms with Gasteiger partial charge in [-0.3, -0.25) is 9.59 Å². The van der Waals surface area contributed by atoms with Crippen molar-refractivity contribution in [2.24, 2.45) is 5.92 Å². The molecule has 0 radical (unpaired) electrons. The van der Waals surface area contributed by atoms with Gasteiger partial charge < -0.3 is 20.0 Å². The molecule has 2 amide bonds. The molecule has 2 N–H and O–H groups in total. The third kappa shape index (κ3) is 3.96. The van der Waals surface area contributed by atoms with Crippen LogP contribution in [0.3, 0.4) is 0 Å². The minimum atomic E-state index is -0.787. The summed E-state index contributed by atoms with van der Waals surface area (Å²) in [6.07, 6.45) is -0.443. The molecular formula is C17H21N3O4S2. The Hall–Kier alpha value is -1.81. The summed E-state index contributed by atoms with van der Waals surface area (Å²) in [5.74, 6) is -1.17. The van der Waals surface area contributed by atoms with Gasteiger partial charge in [-0.05, 0) is 17.9 Å². The van der Waals surface area contributed by atoms with Crippen LogP contribution in [0.4, 0.5) is 0 Å². The molecule has 0 aliphatic carbocycles. The van der Waals surface area contributed by atoms with Crippen LogP contribution in [0.2, 0.25) is 0 Å². The summed E-state index contributed by atoms with van der Waals surface area (Å²) >= 11 is 2.99. The van der Waals surface area contributed by atoms with Gasteiger partial charge in [-0.1, -0.05) is 6.07 Å². The molecule has 1 aliphatic rings. The van der Waals surface area contributed by atoms with Crippen molar-refractivity contribution in [2.75, 3.05) is 33.3 Å². The van der Waals surface area contributed by atoms with Crippen molar-refractivity contribution >= 4 is 34.5 Å². The van der Waals surface area contributed by atoms with E-state index < -0.39 is 12.0 Å². The standard InChI is InChI=1S/C17H21N3O4S2/c1-19(6-7-21)16(23)11-9-20(5-4-13(11)22)17(24)12-10-26-15(18-12)14-3-2-8-25-14/h2-3,8,10-11,13,21-22H,4-7,9H2,1H3/t11-,13+/m0/s1. The highest BCUT2D eigenvalue weighted by atomic mass is 32.1. The Morgan fingerprint density at radius 2 is 2.23 bits per heavy atom. The van der Waals surface area contributed by atoms with E-state index in [-0.39, 0.29) is 31.5 Å². The van der Waals surface area contributed by atoms with E-state index in [1.54, 1.807) is 28.7 Å². The lowest BCUT2D eigenvalue weighted by Crippen LogP contribution is -2.52. The van der Waals surface area contributed by atoms with E-state index in [9.17, 15) is 14.7 Å². The molecule has 1 aliphatic heterocycles. The van der Waals surface area contributed by atoms with Crippen LogP contribution in [0.25, 0.3) is 9.88 Å². The van der Waals surface area contributed by atoms with Crippen LogP contribution in [0.15, 0.2) is 22.9 Å². The van der Waals surface area contributed by atoms with Crippen LogP contribution in [0.5, 0.6) is 0 Å². The number of amides is 2. The van der Waals surface area contributed by atoms with Crippen LogP contribution in [-0.2, 0) is 4.79 Å². The Bertz CT molecular complexity index is 762. The number of likely N-dealkylation sites (tertiary alicyclic amines) is 1. The third-order valence-electron chi connectivity index (χ3n) is 4.45. The minimum Gasteiger partial charge on any atom is -0.395 e. The van der Waals surface area contributed by atoms with Crippen LogP contribution in [0, 0.1) is 5.92 Å². The summed E-state index contributed by atoms with van der Waals surface area (Å²) < 4.78 is 0. The van der Waals surface area contributed by atoms with Crippen molar-refractivity contribution in [1.82, 2.24) is 14.8 Å². The average molecular weight is 396 g/mol. The highest BCUT2D eigenvalue weighted by molar-refractivity contribution is 7.20. The lowest BCUT2D eigenvalue weighted by Gasteiger charge is -2.36. The molecule has 0 spiro atoms. The maximum Gasteiger partial charge on any atom is 0.273 e. The normalized spacial score (nSPS) is 20.2. The number of nitrogens with zero attached hydrogens (tertiary/aromatic N) is 3. The lowest BCUT2D eigenvalue weighted by molar-refractivity contribution is -0.140. The number of likely N-dealkylation sites (N-methyl/N-ethyl adjacent to an activating group) is 1. The molecule has 3 rings (SSSR count). The summed E-state index contributed by atoms with van der Waals surface area (Å²) in [6.45, 7) is 0.601. The van der Waals surface area contributed by atoms with E-state index in [2.05, 4.69) is 4.98 Å². The van der Waals surface area contributed by atoms with Crippen molar-refractivity contribution in [1.29, 1.82) is 0 Å². The Balaban J connectivity index is 1.71. The van der Waals surface area contributed by atoms with Crippen molar-refractivity contribution in [3.63, 3.8) is 0 Å². The van der Waals surface area contributed by atoms with Gasteiger partial charge in [-0.15, -0.1) is 22.7 Å². The molecule has 3 heterocycles. The second-order valence-corrected chi connectivity index (χ2v) is 8.02. The summed E-state index contributed by atoms with van der Waals surface area (Å²) in [5.41, 5.74) is 0.365. The second kappa shape index (κ2) is 8.26. The highest BCUT2D eigenvalue weighted by Crippen LogP contribution is 2.29. The first-order valence-corrected chi connectivity index (χ1v) is 10.1. The van der Waals surface area contributed by atoms with Crippen LogP contribution < -0.4 is 0 Å². The molecule has 7 nitrogen and oxygen atoms in total. The maximum absolute atomic E-state index is 12.8. The van der Waals surface area contributed by atoms with E-state index in [0.717, 1.165) is 9.88 Å². The topological polar surface area (TPSA) is 94.0 Å². The number of carbonyl (C=O) groups excluding carboxylic acids is 2. The van der Waals surface area contributed by atoms with Gasteiger partial charge in [0.1, 0.15) is 10.7 Å². The summed E-state index contributed by atoms with van der Waals surface area (Å²) in [6, 6.07) is 3.90. The van der Waals surface area contributed by atoms with Crippen LogP contribution >= 0.6 is 22.7 Å². The molecule has 26 heavy (non-hydrogen) atoms. The quantitative estimate of drug-likeness (QED) is 0.792. The number of aliphatic hydroxyl groups is 2. The fourth-order valence-electron chi connectivity index (χ4n) is 2.96. The number of thiazole rings is 1. The Morgan fingerprint density at radius 3 is 2.92 bits per heavy atom. The number of thiophene rings is 1. The molecule has 140 valence electrons. The monoisotopic (exact) mass is 395 g/mol. The Kier molecular flexibility index (Phi) is 6.02. The molecule has 2 aromatic rings. The molecule has 0 bridgehead atoms. The molecule has 2 aromatic heterocycles. The number of aliphatic hydroxyl groups excluding tert-OH is 2. The smallest absolute Gasteiger partial charge is 0.273 e. The SMILES string of the molecule is CN(CCO)C(=O)[C@H]1CN(C(=O)c2csc(-c3cccs3)n2)CC[C@H]1O. The van der Waals surface area contributed by atoms with E-state index in [0.29, 0.717) is 18.7 Å². The van der Waals surface area contributed by atoms with Gasteiger partial charge in [0.15, 0.2) is 0 Å². The van der Waals surface area contributed by atoms with Gasteiger partial charge in [-0.25, -0.2) is 4.98 Å². The fourth-order valence-corrected chi connectivity index (χ4v) is 4.57. The number of hydrogen-bond acceptors (Lipinski definition) is 7. The first-order valence-electron chi connectivity index (χ1n) is 8.34. The van der Waals surface area contributed by atoms with Gasteiger partial charge >= 0.3 is 0 Å². The summed E-state index contributed by atoms with van der Waals surface area (Å²) in [4.78, 5) is 33.7. The number of hydrogen-bond donors (Lipinski definition) is 2. The van der Waals surface area contributed by atoms with Crippen molar-refractivity contribution < 1.29 is 19.8 Å². The molecule has 0 aromatic carbocycles. The van der Waals surface area contributed by atoms with Gasteiger partial charge in [0.05, 0.1) is 23.5 Å². The first kappa shape index (κ1) is 19.0. The molecule has 2 atom stereocenters. The van der Waals surface area contributed by atoms with E-state index in [1.165, 1.54) is 16.2 Å². The largest absolute Gasteiger partial charge is 0.395 e. The molecule has 0 unspecified atom stereocenters. The minimum absolute atomic E-state index is 0.141. The molecular weight excluding hydrogens is 374 g/mol. The number of aromatic nitrogens is 1. The summed E-state index contributed by atoms with van der Waals surface area (Å²) in [5, 5.41) is 23.7. The maximum atomic E-state index is 12.8. The fraction of sp³-hybridized carbons (Fsp3) is 0.471. The zero-order valence-corrected chi connectivity index (χ0v) is 16.0. The molecule has 1 fully saturated rings. The van der Waals surface area contributed by atoms with Gasteiger partial charge in [0, 0.05) is 32.1 Å². The lowest BCUT2D eigenvalue weighted by atomic mass is 9.93. The molecule has 1 saturated heterocycles. The predicted molar refractivity (Wildman–Crippen MR) is 100 cm³/mol. The van der Waals surface area contributed by atoms with Crippen molar-refractivity contribution in [3.05, 3.63) is 28.6 Å². The first-order chi connectivity index (χ1) is 12.5. The second-order valence-electron chi connectivity index (χ2n) is 6.21.